The summed E-state index contributed by atoms with van der Waals surface area (Å²) in [4.78, 5) is 0. The van der Waals surface area contributed by atoms with E-state index in [9.17, 15) is 0 Å². The van der Waals surface area contributed by atoms with Crippen LogP contribution in [0.5, 0.6) is 11.5 Å². The van der Waals surface area contributed by atoms with Crippen molar-refractivity contribution in [1.29, 1.82) is 0 Å². The molecule has 4 heteroatoms. The number of thioether (sulfide) groups is 1. The van der Waals surface area contributed by atoms with Crippen LogP contribution in [-0.4, -0.2) is 25.2 Å². The number of hydrogen-bond acceptors (Lipinski definition) is 4. The average Bonchev–Trinajstić information content (AvgIpc) is 2.34. The summed E-state index contributed by atoms with van der Waals surface area (Å²) in [6.45, 7) is 4.79. The van der Waals surface area contributed by atoms with Crippen LogP contribution in [-0.2, 0) is 0 Å². The minimum atomic E-state index is 0.00796. The van der Waals surface area contributed by atoms with Gasteiger partial charge in [-0.1, -0.05) is 13.0 Å². The van der Waals surface area contributed by atoms with Crippen molar-refractivity contribution in [3.63, 3.8) is 0 Å². The van der Waals surface area contributed by atoms with E-state index in [1.54, 1.807) is 7.11 Å². The van der Waals surface area contributed by atoms with Crippen molar-refractivity contribution in [1.82, 2.24) is 0 Å². The Bertz CT molecular complexity index is 342. The first-order valence-corrected chi connectivity index (χ1v) is 6.98. The SMILES string of the molecule is CCSCCOc1ccc([C@@H](C)N)cc1OC. The highest BCUT2D eigenvalue weighted by Gasteiger charge is 2.07. The Kier molecular flexibility index (Phi) is 6.22. The smallest absolute Gasteiger partial charge is 0.161 e. The average molecular weight is 255 g/mol. The molecule has 96 valence electrons. The van der Waals surface area contributed by atoms with Crippen LogP contribution in [0.3, 0.4) is 0 Å². The third-order valence-electron chi connectivity index (χ3n) is 2.40. The van der Waals surface area contributed by atoms with Gasteiger partial charge in [-0.3, -0.25) is 0 Å². The molecule has 0 aliphatic carbocycles. The second kappa shape index (κ2) is 7.45. The maximum absolute atomic E-state index is 5.83. The zero-order valence-corrected chi connectivity index (χ0v) is 11.5. The monoisotopic (exact) mass is 255 g/mol. The minimum absolute atomic E-state index is 0.00796. The molecule has 0 aromatic heterocycles. The van der Waals surface area contributed by atoms with Crippen LogP contribution < -0.4 is 15.2 Å². The van der Waals surface area contributed by atoms with Gasteiger partial charge in [0.25, 0.3) is 0 Å². The standard InChI is InChI=1S/C13H21NO2S/c1-4-17-8-7-16-12-6-5-11(10(2)14)9-13(12)15-3/h5-6,9-10H,4,7-8,14H2,1-3H3/t10-/m1/s1. The normalized spacial score (nSPS) is 12.2. The molecule has 0 fully saturated rings. The van der Waals surface area contributed by atoms with E-state index in [2.05, 4.69) is 6.92 Å². The van der Waals surface area contributed by atoms with Gasteiger partial charge in [0.1, 0.15) is 0 Å². The summed E-state index contributed by atoms with van der Waals surface area (Å²) in [6, 6.07) is 5.85. The molecule has 0 aliphatic rings. The van der Waals surface area contributed by atoms with Crippen LogP contribution >= 0.6 is 11.8 Å². The summed E-state index contributed by atoms with van der Waals surface area (Å²) in [5, 5.41) is 0. The van der Waals surface area contributed by atoms with E-state index in [0.29, 0.717) is 6.61 Å². The van der Waals surface area contributed by atoms with Gasteiger partial charge in [-0.05, 0) is 30.4 Å². The fourth-order valence-electron chi connectivity index (χ4n) is 1.44. The predicted octanol–water partition coefficient (Wildman–Crippen LogP) is 2.85. The van der Waals surface area contributed by atoms with E-state index in [0.717, 1.165) is 28.6 Å². The van der Waals surface area contributed by atoms with Crippen LogP contribution in [0.4, 0.5) is 0 Å². The van der Waals surface area contributed by atoms with Gasteiger partial charge in [-0.25, -0.2) is 0 Å². The molecule has 2 N–H and O–H groups in total. The molecule has 0 bridgehead atoms. The first-order valence-electron chi connectivity index (χ1n) is 5.83. The van der Waals surface area contributed by atoms with Crippen LogP contribution in [0, 0.1) is 0 Å². The van der Waals surface area contributed by atoms with Crippen molar-refractivity contribution in [2.45, 2.75) is 19.9 Å². The Morgan fingerprint density at radius 3 is 2.71 bits per heavy atom. The van der Waals surface area contributed by atoms with E-state index in [4.69, 9.17) is 15.2 Å². The lowest BCUT2D eigenvalue weighted by Crippen LogP contribution is -2.06. The molecule has 0 saturated heterocycles. The Hall–Kier alpha value is -0.870. The zero-order valence-electron chi connectivity index (χ0n) is 10.7. The summed E-state index contributed by atoms with van der Waals surface area (Å²) >= 11 is 1.86. The Morgan fingerprint density at radius 2 is 2.12 bits per heavy atom. The lowest BCUT2D eigenvalue weighted by molar-refractivity contribution is 0.313. The van der Waals surface area contributed by atoms with E-state index in [1.807, 2.05) is 36.9 Å². The molecule has 1 rings (SSSR count). The number of hydrogen-bond donors (Lipinski definition) is 1. The molecule has 0 radical (unpaired) electrons. The summed E-state index contributed by atoms with van der Waals surface area (Å²) in [5.41, 5.74) is 6.88. The second-order valence-corrected chi connectivity index (χ2v) is 5.14. The number of methoxy groups -OCH3 is 1. The molecule has 1 atom stereocenters. The van der Waals surface area contributed by atoms with E-state index < -0.39 is 0 Å². The third-order valence-corrected chi connectivity index (χ3v) is 3.27. The summed E-state index contributed by atoms with van der Waals surface area (Å²) in [5.74, 6) is 3.65. The van der Waals surface area contributed by atoms with Gasteiger partial charge in [0, 0.05) is 11.8 Å². The molecule has 0 spiro atoms. The first-order chi connectivity index (χ1) is 8.19. The number of rotatable bonds is 7. The molecule has 0 aliphatic heterocycles. The van der Waals surface area contributed by atoms with Crippen molar-refractivity contribution < 1.29 is 9.47 Å². The minimum Gasteiger partial charge on any atom is -0.493 e. The molecule has 1 aromatic carbocycles. The lowest BCUT2D eigenvalue weighted by Gasteiger charge is -2.13. The summed E-state index contributed by atoms with van der Waals surface area (Å²) in [7, 11) is 1.65. The van der Waals surface area contributed by atoms with E-state index in [-0.39, 0.29) is 6.04 Å². The Morgan fingerprint density at radius 1 is 1.35 bits per heavy atom. The molecule has 0 amide bonds. The molecule has 0 unspecified atom stereocenters. The first kappa shape index (κ1) is 14.2. The molecule has 1 aromatic rings. The van der Waals surface area contributed by atoms with Crippen LogP contribution in [0.2, 0.25) is 0 Å². The fraction of sp³-hybridized carbons (Fsp3) is 0.538. The topological polar surface area (TPSA) is 44.5 Å². The summed E-state index contributed by atoms with van der Waals surface area (Å²) < 4.78 is 11.0. The van der Waals surface area contributed by atoms with Gasteiger partial charge in [0.2, 0.25) is 0 Å². The fourth-order valence-corrected chi connectivity index (χ4v) is 1.93. The highest BCUT2D eigenvalue weighted by atomic mass is 32.2. The van der Waals surface area contributed by atoms with Crippen molar-refractivity contribution >= 4 is 11.8 Å². The van der Waals surface area contributed by atoms with Gasteiger partial charge in [-0.15, -0.1) is 0 Å². The zero-order chi connectivity index (χ0) is 12.7. The van der Waals surface area contributed by atoms with E-state index in [1.165, 1.54) is 0 Å². The van der Waals surface area contributed by atoms with Gasteiger partial charge in [0.05, 0.1) is 13.7 Å². The Labute approximate surface area is 108 Å². The maximum Gasteiger partial charge on any atom is 0.161 e. The summed E-state index contributed by atoms with van der Waals surface area (Å²) in [6.07, 6.45) is 0. The van der Waals surface area contributed by atoms with Crippen LogP contribution in [0.1, 0.15) is 25.5 Å². The molecular weight excluding hydrogens is 234 g/mol. The van der Waals surface area contributed by atoms with Crippen molar-refractivity contribution in [3.8, 4) is 11.5 Å². The van der Waals surface area contributed by atoms with Crippen molar-refractivity contribution in [3.05, 3.63) is 23.8 Å². The molecule has 3 nitrogen and oxygen atoms in total. The second-order valence-electron chi connectivity index (χ2n) is 3.74. The lowest BCUT2D eigenvalue weighted by atomic mass is 10.1. The molecule has 0 saturated carbocycles. The van der Waals surface area contributed by atoms with Gasteiger partial charge < -0.3 is 15.2 Å². The quantitative estimate of drug-likeness (QED) is 0.761. The highest BCUT2D eigenvalue weighted by molar-refractivity contribution is 7.99. The van der Waals surface area contributed by atoms with Crippen LogP contribution in [0.25, 0.3) is 0 Å². The van der Waals surface area contributed by atoms with Crippen molar-refractivity contribution in [2.75, 3.05) is 25.2 Å². The van der Waals surface area contributed by atoms with Gasteiger partial charge in [0.15, 0.2) is 11.5 Å². The predicted molar refractivity (Wildman–Crippen MR) is 74.1 cm³/mol. The largest absolute Gasteiger partial charge is 0.493 e. The number of ether oxygens (including phenoxy) is 2. The van der Waals surface area contributed by atoms with Crippen LogP contribution in [0.15, 0.2) is 18.2 Å². The maximum atomic E-state index is 5.83. The molecular formula is C13H21NO2S. The Balaban J connectivity index is 2.65. The van der Waals surface area contributed by atoms with E-state index >= 15 is 0 Å². The number of benzene rings is 1. The molecule has 17 heavy (non-hydrogen) atoms. The van der Waals surface area contributed by atoms with Gasteiger partial charge >= 0.3 is 0 Å². The number of nitrogens with two attached hydrogens (primary N) is 1. The molecule has 0 heterocycles. The van der Waals surface area contributed by atoms with Gasteiger partial charge in [-0.2, -0.15) is 11.8 Å². The van der Waals surface area contributed by atoms with Crippen molar-refractivity contribution in [2.24, 2.45) is 5.73 Å². The highest BCUT2D eigenvalue weighted by Crippen LogP contribution is 2.29. The third kappa shape index (κ3) is 4.48.